The Kier molecular flexibility index (Phi) is 4.37. The quantitative estimate of drug-likeness (QED) is 0.670. The second-order valence-electron chi connectivity index (χ2n) is 7.62. The molecule has 28 heavy (non-hydrogen) atoms. The molecular formula is C22H20ClFNO3+. The zero-order valence-electron chi connectivity index (χ0n) is 15.3. The molecule has 0 saturated carbocycles. The summed E-state index contributed by atoms with van der Waals surface area (Å²) >= 11 is 6.53. The molecule has 0 spiro atoms. The molecule has 1 atom stereocenters. The predicted molar refractivity (Wildman–Crippen MR) is 104 cm³/mol. The number of fused-ring (bicyclic) bond motifs is 5. The van der Waals surface area contributed by atoms with Gasteiger partial charge in [0, 0.05) is 16.5 Å². The van der Waals surface area contributed by atoms with E-state index < -0.39 is 0 Å². The maximum atomic E-state index is 13.2. The van der Waals surface area contributed by atoms with Gasteiger partial charge in [-0.05, 0) is 49.4 Å². The third-order valence-corrected chi connectivity index (χ3v) is 6.01. The molecule has 1 aliphatic carbocycles. The molecule has 0 fully saturated rings. The van der Waals surface area contributed by atoms with E-state index in [1.165, 1.54) is 12.1 Å². The van der Waals surface area contributed by atoms with E-state index in [-0.39, 0.29) is 11.4 Å². The van der Waals surface area contributed by atoms with Gasteiger partial charge in [0.05, 0.1) is 10.6 Å². The van der Waals surface area contributed by atoms with Gasteiger partial charge < -0.3 is 9.15 Å². The molecule has 1 N–H and O–H groups in total. The summed E-state index contributed by atoms with van der Waals surface area (Å²) in [6.07, 6.45) is 3.72. The van der Waals surface area contributed by atoms with E-state index in [0.29, 0.717) is 36.2 Å². The van der Waals surface area contributed by atoms with E-state index in [2.05, 4.69) is 0 Å². The first kappa shape index (κ1) is 17.7. The number of quaternary nitrogens is 1. The lowest BCUT2D eigenvalue weighted by Gasteiger charge is -2.28. The molecule has 4 nitrogen and oxygen atoms in total. The fourth-order valence-corrected chi connectivity index (χ4v) is 4.66. The summed E-state index contributed by atoms with van der Waals surface area (Å²) < 4.78 is 24.9. The van der Waals surface area contributed by atoms with E-state index in [1.807, 2.05) is 6.07 Å². The Labute approximate surface area is 166 Å². The number of nitrogens with one attached hydrogen (secondary N) is 1. The minimum absolute atomic E-state index is 0.239. The standard InChI is InChI=1S/C22H19ClFNO3/c23-19-9-17-15-3-1-2-4-16(15)22(26)28-20(17)18-11-25(12-27-21(18)19)10-13-5-7-14(24)8-6-13/h5-9H,1-4,10-12H2/p+1. The van der Waals surface area contributed by atoms with Crippen molar-refractivity contribution in [3.8, 4) is 5.75 Å². The fourth-order valence-electron chi connectivity index (χ4n) is 4.39. The van der Waals surface area contributed by atoms with E-state index in [0.717, 1.165) is 58.2 Å². The summed E-state index contributed by atoms with van der Waals surface area (Å²) in [5.41, 5.74) is 4.10. The van der Waals surface area contributed by atoms with Crippen molar-refractivity contribution in [3.63, 3.8) is 0 Å². The van der Waals surface area contributed by atoms with Gasteiger partial charge in [0.1, 0.15) is 18.9 Å². The highest BCUT2D eigenvalue weighted by Crippen LogP contribution is 2.38. The van der Waals surface area contributed by atoms with Crippen LogP contribution >= 0.6 is 11.6 Å². The number of ether oxygens (including phenoxy) is 1. The predicted octanol–water partition coefficient (Wildman–Crippen LogP) is 3.40. The van der Waals surface area contributed by atoms with Crippen LogP contribution in [0, 0.1) is 5.82 Å². The summed E-state index contributed by atoms with van der Waals surface area (Å²) in [6.45, 7) is 1.76. The Morgan fingerprint density at radius 2 is 1.82 bits per heavy atom. The van der Waals surface area contributed by atoms with E-state index in [4.69, 9.17) is 20.8 Å². The van der Waals surface area contributed by atoms with Crippen LogP contribution in [0.5, 0.6) is 5.75 Å². The highest BCUT2D eigenvalue weighted by atomic mass is 35.5. The van der Waals surface area contributed by atoms with Crippen molar-refractivity contribution in [3.05, 3.63) is 73.8 Å². The molecule has 1 unspecified atom stereocenters. The Morgan fingerprint density at radius 3 is 2.61 bits per heavy atom. The fraction of sp³-hybridized carbons (Fsp3) is 0.318. The van der Waals surface area contributed by atoms with Crippen molar-refractivity contribution in [1.29, 1.82) is 0 Å². The number of hydrogen-bond acceptors (Lipinski definition) is 3. The van der Waals surface area contributed by atoms with Crippen LogP contribution in [0.2, 0.25) is 5.02 Å². The van der Waals surface area contributed by atoms with Gasteiger partial charge in [-0.2, -0.15) is 0 Å². The van der Waals surface area contributed by atoms with Gasteiger partial charge in [0.2, 0.25) is 6.73 Å². The SMILES string of the molecule is O=c1oc2c3c(c(Cl)cc2c2c1CCCC2)OC[NH+](Cc1ccc(F)cc1)C3. The molecule has 0 radical (unpaired) electrons. The van der Waals surface area contributed by atoms with Crippen LogP contribution in [0.25, 0.3) is 11.0 Å². The van der Waals surface area contributed by atoms with Crippen LogP contribution in [0.4, 0.5) is 4.39 Å². The Morgan fingerprint density at radius 1 is 1.07 bits per heavy atom. The largest absolute Gasteiger partial charge is 0.443 e. The number of benzene rings is 2. The molecular weight excluding hydrogens is 381 g/mol. The van der Waals surface area contributed by atoms with Crippen molar-refractivity contribution < 1.29 is 18.4 Å². The van der Waals surface area contributed by atoms with Gasteiger partial charge in [-0.15, -0.1) is 0 Å². The molecule has 1 aromatic heterocycles. The van der Waals surface area contributed by atoms with E-state index >= 15 is 0 Å². The van der Waals surface area contributed by atoms with Gasteiger partial charge in [0.25, 0.3) is 0 Å². The molecule has 2 aliphatic rings. The summed E-state index contributed by atoms with van der Waals surface area (Å²) in [5, 5.41) is 1.50. The zero-order chi connectivity index (χ0) is 19.3. The average Bonchev–Trinajstić information content (AvgIpc) is 2.71. The third kappa shape index (κ3) is 2.99. The van der Waals surface area contributed by atoms with Crippen molar-refractivity contribution >= 4 is 22.6 Å². The smallest absolute Gasteiger partial charge is 0.339 e. The van der Waals surface area contributed by atoms with Gasteiger partial charge in [-0.1, -0.05) is 23.7 Å². The van der Waals surface area contributed by atoms with Crippen molar-refractivity contribution in [2.75, 3.05) is 6.73 Å². The van der Waals surface area contributed by atoms with Crippen LogP contribution in [-0.2, 0) is 25.9 Å². The highest BCUT2D eigenvalue weighted by molar-refractivity contribution is 6.33. The zero-order valence-corrected chi connectivity index (χ0v) is 16.1. The second-order valence-corrected chi connectivity index (χ2v) is 8.02. The molecule has 2 aromatic carbocycles. The molecule has 1 aliphatic heterocycles. The molecule has 144 valence electrons. The van der Waals surface area contributed by atoms with Gasteiger partial charge in [-0.25, -0.2) is 9.18 Å². The molecule has 0 saturated heterocycles. The normalized spacial score (nSPS) is 18.4. The third-order valence-electron chi connectivity index (χ3n) is 5.73. The lowest BCUT2D eigenvalue weighted by Crippen LogP contribution is -3.10. The van der Waals surface area contributed by atoms with Gasteiger partial charge >= 0.3 is 5.63 Å². The Bertz CT molecular complexity index is 1120. The monoisotopic (exact) mass is 400 g/mol. The van der Waals surface area contributed by atoms with Crippen LogP contribution in [0.1, 0.15) is 35.1 Å². The maximum absolute atomic E-state index is 13.2. The maximum Gasteiger partial charge on any atom is 0.339 e. The van der Waals surface area contributed by atoms with Crippen LogP contribution in [-0.4, -0.2) is 6.73 Å². The first-order valence-corrected chi connectivity index (χ1v) is 9.98. The topological polar surface area (TPSA) is 43.9 Å². The molecule has 2 heterocycles. The van der Waals surface area contributed by atoms with E-state index in [9.17, 15) is 9.18 Å². The summed E-state index contributed by atoms with van der Waals surface area (Å²) in [4.78, 5) is 13.7. The molecule has 0 bridgehead atoms. The second kappa shape index (κ2) is 6.90. The van der Waals surface area contributed by atoms with Gasteiger partial charge in [0.15, 0.2) is 11.3 Å². The lowest BCUT2D eigenvalue weighted by atomic mass is 9.90. The van der Waals surface area contributed by atoms with Crippen LogP contribution in [0.15, 0.2) is 39.5 Å². The first-order chi connectivity index (χ1) is 13.6. The Hall–Kier alpha value is -2.37. The van der Waals surface area contributed by atoms with Gasteiger partial charge in [-0.3, -0.25) is 4.90 Å². The lowest BCUT2D eigenvalue weighted by molar-refractivity contribution is -0.945. The van der Waals surface area contributed by atoms with Crippen molar-refractivity contribution in [2.45, 2.75) is 38.8 Å². The summed E-state index contributed by atoms with van der Waals surface area (Å²) in [5.74, 6) is 0.360. The van der Waals surface area contributed by atoms with E-state index in [1.54, 1.807) is 12.1 Å². The summed E-state index contributed by atoms with van der Waals surface area (Å²) in [6, 6.07) is 8.37. The minimum atomic E-state index is -0.247. The highest BCUT2D eigenvalue weighted by Gasteiger charge is 2.29. The van der Waals surface area contributed by atoms with Crippen molar-refractivity contribution in [1.82, 2.24) is 0 Å². The summed E-state index contributed by atoms with van der Waals surface area (Å²) in [7, 11) is 0. The van der Waals surface area contributed by atoms with Crippen molar-refractivity contribution in [2.24, 2.45) is 0 Å². The molecule has 0 amide bonds. The first-order valence-electron chi connectivity index (χ1n) is 9.61. The number of halogens is 2. The Balaban J connectivity index is 1.58. The molecule has 3 aromatic rings. The average molecular weight is 401 g/mol. The number of rotatable bonds is 2. The minimum Gasteiger partial charge on any atom is -0.443 e. The number of hydrogen-bond donors (Lipinski definition) is 1. The number of aryl methyl sites for hydroxylation is 1. The molecule has 6 heteroatoms. The van der Waals surface area contributed by atoms with Crippen LogP contribution in [0.3, 0.4) is 0 Å². The van der Waals surface area contributed by atoms with Crippen LogP contribution < -0.4 is 15.3 Å². The molecule has 5 rings (SSSR count).